The molecule has 16 heavy (non-hydrogen) atoms. The van der Waals surface area contributed by atoms with Gasteiger partial charge < -0.3 is 5.32 Å². The van der Waals surface area contributed by atoms with Crippen LogP contribution >= 0.6 is 15.9 Å². The number of rotatable bonds is 5. The van der Waals surface area contributed by atoms with Gasteiger partial charge in [0, 0.05) is 10.5 Å². The number of hydrogen-bond donors (Lipinski definition) is 1. The van der Waals surface area contributed by atoms with Crippen LogP contribution in [0.5, 0.6) is 0 Å². The van der Waals surface area contributed by atoms with Gasteiger partial charge in [-0.05, 0) is 48.9 Å². The van der Waals surface area contributed by atoms with Crippen LogP contribution in [-0.2, 0) is 6.42 Å². The van der Waals surface area contributed by atoms with Crippen molar-refractivity contribution < 1.29 is 0 Å². The van der Waals surface area contributed by atoms with E-state index in [1.54, 1.807) is 0 Å². The molecule has 88 valence electrons. The molecule has 3 unspecified atom stereocenters. The minimum atomic E-state index is 0.661. The SMILES string of the molecule is CCNC(Cc1cccc(Br)c1)C1CC1C. The Hall–Kier alpha value is -0.340. The van der Waals surface area contributed by atoms with Gasteiger partial charge in [-0.2, -0.15) is 0 Å². The topological polar surface area (TPSA) is 12.0 Å². The molecule has 0 spiro atoms. The summed E-state index contributed by atoms with van der Waals surface area (Å²) in [6.07, 6.45) is 2.55. The maximum absolute atomic E-state index is 3.63. The van der Waals surface area contributed by atoms with Crippen molar-refractivity contribution in [1.82, 2.24) is 5.32 Å². The van der Waals surface area contributed by atoms with Crippen LogP contribution in [0, 0.1) is 11.8 Å². The van der Waals surface area contributed by atoms with Gasteiger partial charge in [0.05, 0.1) is 0 Å². The predicted molar refractivity (Wildman–Crippen MR) is 72.6 cm³/mol. The first-order valence-electron chi connectivity index (χ1n) is 6.18. The van der Waals surface area contributed by atoms with Crippen LogP contribution in [-0.4, -0.2) is 12.6 Å². The summed E-state index contributed by atoms with van der Waals surface area (Å²) in [6, 6.07) is 9.33. The lowest BCUT2D eigenvalue weighted by molar-refractivity contribution is 0.454. The fourth-order valence-corrected chi connectivity index (χ4v) is 2.91. The molecule has 2 heteroatoms. The van der Waals surface area contributed by atoms with Crippen LogP contribution in [0.4, 0.5) is 0 Å². The molecule has 1 nitrogen and oxygen atoms in total. The highest BCUT2D eigenvalue weighted by molar-refractivity contribution is 9.10. The number of benzene rings is 1. The lowest BCUT2D eigenvalue weighted by atomic mass is 10.0. The van der Waals surface area contributed by atoms with Gasteiger partial charge in [-0.25, -0.2) is 0 Å². The van der Waals surface area contributed by atoms with Crippen molar-refractivity contribution in [3.8, 4) is 0 Å². The highest BCUT2D eigenvalue weighted by Crippen LogP contribution is 2.41. The third-order valence-corrected chi connectivity index (χ3v) is 3.99. The number of hydrogen-bond acceptors (Lipinski definition) is 1. The van der Waals surface area contributed by atoms with Crippen LogP contribution in [0.2, 0.25) is 0 Å². The molecule has 1 aromatic rings. The zero-order chi connectivity index (χ0) is 11.5. The molecule has 0 heterocycles. The van der Waals surface area contributed by atoms with Gasteiger partial charge >= 0.3 is 0 Å². The maximum atomic E-state index is 3.63. The van der Waals surface area contributed by atoms with Crippen LogP contribution in [0.25, 0.3) is 0 Å². The molecule has 1 fully saturated rings. The molecule has 1 aliphatic carbocycles. The smallest absolute Gasteiger partial charge is 0.0178 e. The Morgan fingerprint density at radius 1 is 1.50 bits per heavy atom. The van der Waals surface area contributed by atoms with Crippen LogP contribution in [0.3, 0.4) is 0 Å². The van der Waals surface area contributed by atoms with Gasteiger partial charge in [0.25, 0.3) is 0 Å². The highest BCUT2D eigenvalue weighted by Gasteiger charge is 2.38. The molecule has 3 atom stereocenters. The van der Waals surface area contributed by atoms with E-state index in [2.05, 4.69) is 59.4 Å². The van der Waals surface area contributed by atoms with Crippen molar-refractivity contribution in [3.05, 3.63) is 34.3 Å². The van der Waals surface area contributed by atoms with E-state index in [-0.39, 0.29) is 0 Å². The molecule has 0 amide bonds. The fourth-order valence-electron chi connectivity index (χ4n) is 2.47. The fraction of sp³-hybridized carbons (Fsp3) is 0.571. The van der Waals surface area contributed by atoms with Gasteiger partial charge in [0.1, 0.15) is 0 Å². The predicted octanol–water partition coefficient (Wildman–Crippen LogP) is 3.63. The molecule has 0 aliphatic heterocycles. The molecule has 0 saturated heterocycles. The first-order chi connectivity index (χ1) is 7.70. The first kappa shape index (κ1) is 12.1. The summed E-state index contributed by atoms with van der Waals surface area (Å²) < 4.78 is 1.18. The molecule has 0 aromatic heterocycles. The first-order valence-corrected chi connectivity index (χ1v) is 6.97. The van der Waals surface area contributed by atoms with Gasteiger partial charge in [-0.1, -0.05) is 41.9 Å². The molecule has 1 aliphatic rings. The summed E-state index contributed by atoms with van der Waals surface area (Å²) >= 11 is 3.54. The lowest BCUT2D eigenvalue weighted by Crippen LogP contribution is -2.33. The van der Waals surface area contributed by atoms with Crippen LogP contribution in [0.1, 0.15) is 25.8 Å². The Morgan fingerprint density at radius 3 is 2.81 bits per heavy atom. The summed E-state index contributed by atoms with van der Waals surface area (Å²) in [4.78, 5) is 0. The van der Waals surface area contributed by atoms with E-state index in [0.717, 1.165) is 24.8 Å². The molecular weight excluding hydrogens is 262 g/mol. The maximum Gasteiger partial charge on any atom is 0.0178 e. The second-order valence-electron chi connectivity index (χ2n) is 4.88. The number of nitrogens with one attached hydrogen (secondary N) is 1. The third-order valence-electron chi connectivity index (χ3n) is 3.50. The molecule has 0 bridgehead atoms. The molecule has 1 N–H and O–H groups in total. The second kappa shape index (κ2) is 5.33. The highest BCUT2D eigenvalue weighted by atomic mass is 79.9. The zero-order valence-corrected chi connectivity index (χ0v) is 11.6. The average molecular weight is 282 g/mol. The van der Waals surface area contributed by atoms with E-state index in [4.69, 9.17) is 0 Å². The van der Waals surface area contributed by atoms with E-state index in [9.17, 15) is 0 Å². The monoisotopic (exact) mass is 281 g/mol. The van der Waals surface area contributed by atoms with Gasteiger partial charge in [0.15, 0.2) is 0 Å². The normalized spacial score (nSPS) is 25.4. The molecule has 1 saturated carbocycles. The summed E-state index contributed by atoms with van der Waals surface area (Å²) in [5.74, 6) is 1.80. The van der Waals surface area contributed by atoms with Crippen molar-refractivity contribution in [1.29, 1.82) is 0 Å². The van der Waals surface area contributed by atoms with Gasteiger partial charge in [0.2, 0.25) is 0 Å². The summed E-state index contributed by atoms with van der Waals surface area (Å²) in [5.41, 5.74) is 1.43. The van der Waals surface area contributed by atoms with Crippen molar-refractivity contribution in [3.63, 3.8) is 0 Å². The Labute approximate surface area is 107 Å². The standard InChI is InChI=1S/C14H20BrN/c1-3-16-14(13-7-10(13)2)9-11-5-4-6-12(15)8-11/h4-6,8,10,13-14,16H,3,7,9H2,1-2H3. The Morgan fingerprint density at radius 2 is 2.25 bits per heavy atom. The number of halogens is 1. The van der Waals surface area contributed by atoms with Crippen molar-refractivity contribution >= 4 is 15.9 Å². The lowest BCUT2D eigenvalue weighted by Gasteiger charge is -2.18. The Kier molecular flexibility index (Phi) is 4.04. The minimum absolute atomic E-state index is 0.661. The summed E-state index contributed by atoms with van der Waals surface area (Å²) in [6.45, 7) is 5.62. The largest absolute Gasteiger partial charge is 0.314 e. The van der Waals surface area contributed by atoms with Crippen molar-refractivity contribution in [2.24, 2.45) is 11.8 Å². The quantitative estimate of drug-likeness (QED) is 0.869. The Bertz CT molecular complexity index is 350. The second-order valence-corrected chi connectivity index (χ2v) is 5.79. The zero-order valence-electron chi connectivity index (χ0n) is 10.0. The Balaban J connectivity index is 1.99. The van der Waals surface area contributed by atoms with Crippen LogP contribution in [0.15, 0.2) is 28.7 Å². The molecule has 0 radical (unpaired) electrons. The summed E-state index contributed by atoms with van der Waals surface area (Å²) in [7, 11) is 0. The molecule has 1 aromatic carbocycles. The average Bonchev–Trinajstić information content (AvgIpc) is 2.95. The van der Waals surface area contributed by atoms with Crippen molar-refractivity contribution in [2.75, 3.05) is 6.54 Å². The van der Waals surface area contributed by atoms with E-state index >= 15 is 0 Å². The van der Waals surface area contributed by atoms with E-state index in [0.29, 0.717) is 6.04 Å². The van der Waals surface area contributed by atoms with Gasteiger partial charge in [-0.3, -0.25) is 0 Å². The number of likely N-dealkylation sites (N-methyl/N-ethyl adjacent to an activating group) is 1. The molecular formula is C14H20BrN. The van der Waals surface area contributed by atoms with E-state index in [1.807, 2.05) is 0 Å². The third kappa shape index (κ3) is 3.08. The van der Waals surface area contributed by atoms with Crippen molar-refractivity contribution in [2.45, 2.75) is 32.7 Å². The summed E-state index contributed by atoms with van der Waals surface area (Å²) in [5, 5.41) is 3.63. The van der Waals surface area contributed by atoms with Gasteiger partial charge in [-0.15, -0.1) is 0 Å². The van der Waals surface area contributed by atoms with E-state index < -0.39 is 0 Å². The minimum Gasteiger partial charge on any atom is -0.314 e. The van der Waals surface area contributed by atoms with E-state index in [1.165, 1.54) is 16.5 Å². The van der Waals surface area contributed by atoms with Crippen LogP contribution < -0.4 is 5.32 Å². The molecule has 2 rings (SSSR count).